The molecule has 6 heteroatoms. The second kappa shape index (κ2) is 17.9. The summed E-state index contributed by atoms with van der Waals surface area (Å²) in [6.45, 7) is 2.66. The normalized spacial score (nSPS) is 10.9. The molecule has 0 spiro atoms. The van der Waals surface area contributed by atoms with Crippen LogP contribution in [0.5, 0.6) is 0 Å². The summed E-state index contributed by atoms with van der Waals surface area (Å²) in [6, 6.07) is 0. The Kier molecular flexibility index (Phi) is 16.9. The Morgan fingerprint density at radius 3 is 2.17 bits per heavy atom. The van der Waals surface area contributed by atoms with Crippen molar-refractivity contribution in [3.63, 3.8) is 0 Å². The molecule has 0 atom stereocenters. The van der Waals surface area contributed by atoms with Crippen LogP contribution in [0.25, 0.3) is 0 Å². The van der Waals surface area contributed by atoms with Crippen LogP contribution in [-0.2, 0) is 14.3 Å². The molecule has 0 aliphatic carbocycles. The number of allylic oxidation sites excluding steroid dienone is 2. The Morgan fingerprint density at radius 2 is 1.50 bits per heavy atom. The first-order chi connectivity index (χ1) is 11.7. The van der Waals surface area contributed by atoms with Crippen molar-refractivity contribution in [1.29, 1.82) is 0 Å². The molecule has 0 saturated heterocycles. The largest absolute Gasteiger partial charge is 0.380 e. The summed E-state index contributed by atoms with van der Waals surface area (Å²) in [5.74, 6) is -1.14. The van der Waals surface area contributed by atoms with Gasteiger partial charge in [0.05, 0.1) is 6.61 Å². The van der Waals surface area contributed by atoms with E-state index >= 15 is 0 Å². The number of hydrogen-bond donors (Lipinski definition) is 3. The number of rotatable bonds is 15. The van der Waals surface area contributed by atoms with E-state index in [9.17, 15) is 9.59 Å². The molecule has 4 N–H and O–H groups in total. The number of ether oxygens (including phenoxy) is 1. The van der Waals surface area contributed by atoms with Crippen LogP contribution in [0.1, 0.15) is 57.8 Å². The summed E-state index contributed by atoms with van der Waals surface area (Å²) < 4.78 is 5.33. The molecule has 0 aliphatic rings. The van der Waals surface area contributed by atoms with Gasteiger partial charge in [0.15, 0.2) is 0 Å². The van der Waals surface area contributed by atoms with Gasteiger partial charge in [0, 0.05) is 26.7 Å². The zero-order valence-electron chi connectivity index (χ0n) is 15.1. The third kappa shape index (κ3) is 15.5. The van der Waals surface area contributed by atoms with Crippen LogP contribution in [0.15, 0.2) is 12.2 Å². The van der Waals surface area contributed by atoms with Crippen LogP contribution in [-0.4, -0.2) is 45.2 Å². The van der Waals surface area contributed by atoms with Crippen molar-refractivity contribution in [2.75, 3.05) is 33.4 Å². The van der Waals surface area contributed by atoms with Crippen molar-refractivity contribution in [3.05, 3.63) is 12.2 Å². The van der Waals surface area contributed by atoms with Gasteiger partial charge >= 0.3 is 11.8 Å². The van der Waals surface area contributed by atoms with Gasteiger partial charge < -0.3 is 21.1 Å². The van der Waals surface area contributed by atoms with E-state index in [0.717, 1.165) is 38.7 Å². The Labute approximate surface area is 146 Å². The zero-order valence-corrected chi connectivity index (χ0v) is 15.1. The van der Waals surface area contributed by atoms with E-state index in [0.29, 0.717) is 19.7 Å². The first-order valence-electron chi connectivity index (χ1n) is 9.15. The monoisotopic (exact) mass is 341 g/mol. The standard InChI is InChI=1S/C18H35N3O3/c1-20-17(22)18(23)21-14-11-9-7-5-3-2-4-6-8-10-12-15-24-16-13-19/h3,5H,2,4,6-16,19H2,1H3,(H,20,22)(H,21,23)/b5-3-. The average molecular weight is 341 g/mol. The van der Waals surface area contributed by atoms with Gasteiger partial charge in [0.1, 0.15) is 0 Å². The molecule has 0 heterocycles. The number of nitrogens with one attached hydrogen (secondary N) is 2. The van der Waals surface area contributed by atoms with Crippen LogP contribution < -0.4 is 16.4 Å². The Hall–Kier alpha value is -1.40. The third-order valence-electron chi connectivity index (χ3n) is 3.60. The molecule has 0 unspecified atom stereocenters. The highest BCUT2D eigenvalue weighted by molar-refractivity contribution is 6.34. The van der Waals surface area contributed by atoms with Crippen molar-refractivity contribution in [3.8, 4) is 0 Å². The molecule has 0 bridgehead atoms. The SMILES string of the molecule is CNC(=O)C(=O)NCCCC/C=C\CCCCCCCOCCN. The minimum atomic E-state index is -0.585. The Balaban J connectivity index is 3.22. The first kappa shape index (κ1) is 22.6. The van der Waals surface area contributed by atoms with Crippen molar-refractivity contribution in [2.24, 2.45) is 5.73 Å². The van der Waals surface area contributed by atoms with Gasteiger partial charge in [-0.3, -0.25) is 9.59 Å². The molecule has 6 nitrogen and oxygen atoms in total. The molecule has 2 amide bonds. The maximum atomic E-state index is 11.2. The number of unbranched alkanes of at least 4 members (excludes halogenated alkanes) is 7. The molecular formula is C18H35N3O3. The van der Waals surface area contributed by atoms with Crippen molar-refractivity contribution >= 4 is 11.8 Å². The van der Waals surface area contributed by atoms with Gasteiger partial charge in [-0.1, -0.05) is 31.4 Å². The van der Waals surface area contributed by atoms with E-state index in [1.807, 2.05) is 0 Å². The van der Waals surface area contributed by atoms with Crippen molar-refractivity contribution in [1.82, 2.24) is 10.6 Å². The van der Waals surface area contributed by atoms with Gasteiger partial charge in [0.25, 0.3) is 0 Å². The quantitative estimate of drug-likeness (QED) is 0.241. The summed E-state index contributed by atoms with van der Waals surface area (Å²) in [6.07, 6.45) is 14.7. The lowest BCUT2D eigenvalue weighted by Gasteiger charge is -2.03. The van der Waals surface area contributed by atoms with Gasteiger partial charge in [-0.25, -0.2) is 0 Å². The lowest BCUT2D eigenvalue weighted by molar-refractivity contribution is -0.138. The van der Waals surface area contributed by atoms with Gasteiger partial charge in [-0.05, 0) is 38.5 Å². The fraction of sp³-hybridized carbons (Fsp3) is 0.778. The third-order valence-corrected chi connectivity index (χ3v) is 3.60. The fourth-order valence-corrected chi connectivity index (χ4v) is 2.20. The minimum absolute atomic E-state index is 0.551. The van der Waals surface area contributed by atoms with Crippen molar-refractivity contribution in [2.45, 2.75) is 57.8 Å². The lowest BCUT2D eigenvalue weighted by atomic mass is 10.1. The highest BCUT2D eigenvalue weighted by Gasteiger charge is 2.08. The smallest absolute Gasteiger partial charge is 0.309 e. The van der Waals surface area contributed by atoms with E-state index in [1.54, 1.807) is 0 Å². The molecule has 0 aromatic heterocycles. The molecule has 0 rings (SSSR count). The molecule has 140 valence electrons. The molecule has 0 aromatic carbocycles. The number of amides is 2. The number of carbonyl (C=O) groups is 2. The maximum absolute atomic E-state index is 11.2. The zero-order chi connectivity index (χ0) is 17.9. The van der Waals surface area contributed by atoms with Gasteiger partial charge in [0.2, 0.25) is 0 Å². The number of nitrogens with two attached hydrogens (primary N) is 1. The van der Waals surface area contributed by atoms with Crippen LogP contribution in [0, 0.1) is 0 Å². The second-order valence-electron chi connectivity index (χ2n) is 5.76. The first-order valence-corrected chi connectivity index (χ1v) is 9.15. The number of likely N-dealkylation sites (N-methyl/N-ethyl adjacent to an activating group) is 1. The molecule has 0 aromatic rings. The molecule has 0 fully saturated rings. The summed E-state index contributed by atoms with van der Waals surface area (Å²) in [5, 5.41) is 4.89. The fourth-order valence-electron chi connectivity index (χ4n) is 2.20. The summed E-state index contributed by atoms with van der Waals surface area (Å²) in [5.41, 5.74) is 5.35. The van der Waals surface area contributed by atoms with Crippen LogP contribution in [0.2, 0.25) is 0 Å². The van der Waals surface area contributed by atoms with Crippen LogP contribution in [0.3, 0.4) is 0 Å². The van der Waals surface area contributed by atoms with Crippen LogP contribution >= 0.6 is 0 Å². The average Bonchev–Trinajstić information content (AvgIpc) is 2.60. The van der Waals surface area contributed by atoms with Crippen molar-refractivity contribution < 1.29 is 14.3 Å². The molecule has 24 heavy (non-hydrogen) atoms. The highest BCUT2D eigenvalue weighted by Crippen LogP contribution is 2.06. The molecule has 0 saturated carbocycles. The number of hydrogen-bond acceptors (Lipinski definition) is 4. The summed E-state index contributed by atoms with van der Waals surface area (Å²) in [7, 11) is 1.45. The van der Waals surface area contributed by atoms with E-state index in [4.69, 9.17) is 10.5 Å². The van der Waals surface area contributed by atoms with E-state index in [1.165, 1.54) is 32.7 Å². The summed E-state index contributed by atoms with van der Waals surface area (Å²) >= 11 is 0. The topological polar surface area (TPSA) is 93.5 Å². The van der Waals surface area contributed by atoms with E-state index in [-0.39, 0.29) is 0 Å². The molecule has 0 radical (unpaired) electrons. The predicted octanol–water partition coefficient (Wildman–Crippen LogP) is 1.89. The highest BCUT2D eigenvalue weighted by atomic mass is 16.5. The van der Waals surface area contributed by atoms with Gasteiger partial charge in [-0.15, -0.1) is 0 Å². The predicted molar refractivity (Wildman–Crippen MR) is 97.6 cm³/mol. The van der Waals surface area contributed by atoms with Crippen LogP contribution in [0.4, 0.5) is 0 Å². The lowest BCUT2D eigenvalue weighted by Crippen LogP contribution is -2.38. The molecule has 0 aliphatic heterocycles. The summed E-state index contributed by atoms with van der Waals surface area (Å²) in [4.78, 5) is 22.1. The van der Waals surface area contributed by atoms with Gasteiger partial charge in [-0.2, -0.15) is 0 Å². The minimum Gasteiger partial charge on any atom is -0.380 e. The maximum Gasteiger partial charge on any atom is 0.309 e. The molecular weight excluding hydrogens is 306 g/mol. The van der Waals surface area contributed by atoms with E-state index < -0.39 is 11.8 Å². The Morgan fingerprint density at radius 1 is 0.875 bits per heavy atom. The Bertz CT molecular complexity index is 346. The second-order valence-corrected chi connectivity index (χ2v) is 5.76. The number of carbonyl (C=O) groups excluding carboxylic acids is 2. The van der Waals surface area contributed by atoms with E-state index in [2.05, 4.69) is 22.8 Å².